The zero-order valence-corrected chi connectivity index (χ0v) is 16.3. The predicted molar refractivity (Wildman–Crippen MR) is 101 cm³/mol. The van der Waals surface area contributed by atoms with Gasteiger partial charge in [0.2, 0.25) is 11.8 Å². The Balaban J connectivity index is 1.46. The Morgan fingerprint density at radius 1 is 1.35 bits per heavy atom. The molecule has 1 atom stereocenters. The highest BCUT2D eigenvalue weighted by Crippen LogP contribution is 2.29. The number of hydrogen-bond acceptors (Lipinski definition) is 6. The van der Waals surface area contributed by atoms with E-state index in [0.29, 0.717) is 42.1 Å². The monoisotopic (exact) mass is 396 g/mol. The summed E-state index contributed by atoms with van der Waals surface area (Å²) in [6.45, 7) is 6.49. The molecule has 1 N–H and O–H groups in total. The van der Waals surface area contributed by atoms with E-state index in [0.717, 1.165) is 4.88 Å². The Kier molecular flexibility index (Phi) is 5.95. The number of anilines is 1. The molecule has 0 radical (unpaired) electrons. The first kappa shape index (κ1) is 18.9. The van der Waals surface area contributed by atoms with Gasteiger partial charge in [-0.15, -0.1) is 11.3 Å². The number of aromatic nitrogens is 1. The Hall–Kier alpha value is -1.90. The van der Waals surface area contributed by atoms with Crippen molar-refractivity contribution >= 4 is 40.6 Å². The van der Waals surface area contributed by atoms with Crippen LogP contribution in [0.3, 0.4) is 0 Å². The van der Waals surface area contributed by atoms with E-state index in [-0.39, 0.29) is 24.3 Å². The number of aryl methyl sites for hydroxylation is 1. The van der Waals surface area contributed by atoms with Gasteiger partial charge < -0.3 is 14.7 Å². The normalized spacial score (nSPS) is 16.5. The number of carbonyl (C=O) groups excluding carboxylic acids is 2. The van der Waals surface area contributed by atoms with Gasteiger partial charge >= 0.3 is 0 Å². The van der Waals surface area contributed by atoms with Gasteiger partial charge in [0, 0.05) is 37.1 Å². The fraction of sp³-hybridized carbons (Fsp3) is 0.471. The van der Waals surface area contributed by atoms with E-state index >= 15 is 0 Å². The highest BCUT2D eigenvalue weighted by molar-refractivity contribution is 7.16. The van der Waals surface area contributed by atoms with Gasteiger partial charge in [-0.05, 0) is 26.0 Å². The maximum atomic E-state index is 12.7. The van der Waals surface area contributed by atoms with E-state index in [2.05, 4.69) is 10.5 Å². The van der Waals surface area contributed by atoms with E-state index in [9.17, 15) is 9.59 Å². The molecule has 2 aromatic heterocycles. The van der Waals surface area contributed by atoms with Crippen LogP contribution in [-0.4, -0.2) is 59.5 Å². The minimum absolute atomic E-state index is 0.102. The van der Waals surface area contributed by atoms with E-state index in [1.165, 1.54) is 11.3 Å². The fourth-order valence-electron chi connectivity index (χ4n) is 2.89. The number of carbonyl (C=O) groups is 2. The topological polar surface area (TPSA) is 78.7 Å². The van der Waals surface area contributed by atoms with Gasteiger partial charge in [-0.2, -0.15) is 0 Å². The minimum Gasteiger partial charge on any atom is -0.360 e. The smallest absolute Gasteiger partial charge is 0.239 e. The number of piperazine rings is 1. The van der Waals surface area contributed by atoms with Crippen molar-refractivity contribution in [1.29, 1.82) is 0 Å². The van der Waals surface area contributed by atoms with E-state index in [1.807, 2.05) is 28.9 Å². The lowest BCUT2D eigenvalue weighted by molar-refractivity contribution is -0.134. The SMILES string of the molecule is Cc1cc(NC(=O)CN2CCN(C(=O)C(C)c3ccc(Cl)s3)CC2)no1. The van der Waals surface area contributed by atoms with Crippen molar-refractivity contribution in [2.75, 3.05) is 38.0 Å². The molecule has 140 valence electrons. The van der Waals surface area contributed by atoms with Crippen LogP contribution in [0.4, 0.5) is 5.82 Å². The number of nitrogens with zero attached hydrogens (tertiary/aromatic N) is 3. The molecule has 1 aliphatic rings. The molecule has 2 amide bonds. The van der Waals surface area contributed by atoms with Crippen LogP contribution in [0, 0.1) is 6.92 Å². The van der Waals surface area contributed by atoms with Crippen molar-refractivity contribution in [3.63, 3.8) is 0 Å². The summed E-state index contributed by atoms with van der Waals surface area (Å²) in [6.07, 6.45) is 0. The molecule has 2 aromatic rings. The second kappa shape index (κ2) is 8.20. The Morgan fingerprint density at radius 3 is 2.65 bits per heavy atom. The van der Waals surface area contributed by atoms with Crippen molar-refractivity contribution in [2.45, 2.75) is 19.8 Å². The van der Waals surface area contributed by atoms with Crippen LogP contribution in [0.25, 0.3) is 0 Å². The van der Waals surface area contributed by atoms with Crippen LogP contribution in [0.1, 0.15) is 23.5 Å². The number of halogens is 1. The number of hydrogen-bond donors (Lipinski definition) is 1. The molecule has 0 bridgehead atoms. The molecule has 0 saturated carbocycles. The number of nitrogens with one attached hydrogen (secondary N) is 1. The number of rotatable bonds is 5. The lowest BCUT2D eigenvalue weighted by Crippen LogP contribution is -2.51. The van der Waals surface area contributed by atoms with Crippen LogP contribution in [0.5, 0.6) is 0 Å². The third kappa shape index (κ3) is 4.63. The Bertz CT molecular complexity index is 783. The van der Waals surface area contributed by atoms with Crippen LogP contribution in [0.2, 0.25) is 4.34 Å². The van der Waals surface area contributed by atoms with Gasteiger partial charge in [0.1, 0.15) is 5.76 Å². The molecule has 3 heterocycles. The molecule has 0 aromatic carbocycles. The highest BCUT2D eigenvalue weighted by Gasteiger charge is 2.27. The van der Waals surface area contributed by atoms with Gasteiger partial charge in [-0.1, -0.05) is 16.8 Å². The first-order valence-corrected chi connectivity index (χ1v) is 9.61. The zero-order valence-electron chi connectivity index (χ0n) is 14.7. The minimum atomic E-state index is -0.197. The third-order valence-corrected chi connectivity index (χ3v) is 5.75. The predicted octanol–water partition coefficient (Wildman–Crippen LogP) is 2.58. The quantitative estimate of drug-likeness (QED) is 0.840. The number of amides is 2. The molecule has 1 unspecified atom stereocenters. The van der Waals surface area contributed by atoms with Gasteiger partial charge in [-0.25, -0.2) is 0 Å². The first-order chi connectivity index (χ1) is 12.4. The molecule has 1 saturated heterocycles. The molecule has 9 heteroatoms. The van der Waals surface area contributed by atoms with Crippen LogP contribution >= 0.6 is 22.9 Å². The van der Waals surface area contributed by atoms with Gasteiger partial charge in [-0.3, -0.25) is 14.5 Å². The van der Waals surface area contributed by atoms with Crippen LogP contribution in [-0.2, 0) is 9.59 Å². The Labute approximate surface area is 160 Å². The second-order valence-corrected chi connectivity index (χ2v) is 8.08. The zero-order chi connectivity index (χ0) is 18.7. The number of thiophene rings is 1. The summed E-state index contributed by atoms with van der Waals surface area (Å²) in [4.78, 5) is 29.6. The molecule has 7 nitrogen and oxygen atoms in total. The second-order valence-electron chi connectivity index (χ2n) is 6.34. The summed E-state index contributed by atoms with van der Waals surface area (Å²) in [5.74, 6) is 0.835. The Morgan fingerprint density at radius 2 is 2.08 bits per heavy atom. The molecule has 1 aliphatic heterocycles. The standard InChI is InChI=1S/C17H21ClN4O3S/c1-11-9-15(20-25-11)19-16(23)10-21-5-7-22(8-6-21)17(24)12(2)13-3-4-14(18)26-13/h3-4,9,12H,5-8,10H2,1-2H3,(H,19,20,23). The van der Waals surface area contributed by atoms with E-state index in [1.54, 1.807) is 13.0 Å². The molecule has 26 heavy (non-hydrogen) atoms. The van der Waals surface area contributed by atoms with Crippen molar-refractivity contribution in [1.82, 2.24) is 15.0 Å². The van der Waals surface area contributed by atoms with Crippen LogP contribution < -0.4 is 5.32 Å². The third-order valence-electron chi connectivity index (χ3n) is 4.34. The fourth-order valence-corrected chi connectivity index (χ4v) is 4.00. The largest absolute Gasteiger partial charge is 0.360 e. The van der Waals surface area contributed by atoms with Gasteiger partial charge in [0.05, 0.1) is 16.8 Å². The van der Waals surface area contributed by atoms with Crippen LogP contribution in [0.15, 0.2) is 22.7 Å². The molecular weight excluding hydrogens is 376 g/mol. The van der Waals surface area contributed by atoms with E-state index < -0.39 is 0 Å². The maximum Gasteiger partial charge on any atom is 0.239 e. The summed E-state index contributed by atoms with van der Waals surface area (Å²) < 4.78 is 5.62. The summed E-state index contributed by atoms with van der Waals surface area (Å²) >= 11 is 7.40. The summed E-state index contributed by atoms with van der Waals surface area (Å²) in [6, 6.07) is 5.40. The molecule has 3 rings (SSSR count). The average molecular weight is 397 g/mol. The molecular formula is C17H21ClN4O3S. The molecule has 1 fully saturated rings. The highest BCUT2D eigenvalue weighted by atomic mass is 35.5. The molecule has 0 aliphatic carbocycles. The lowest BCUT2D eigenvalue weighted by Gasteiger charge is -2.35. The van der Waals surface area contributed by atoms with Crippen molar-refractivity contribution in [3.8, 4) is 0 Å². The van der Waals surface area contributed by atoms with Gasteiger partial charge in [0.15, 0.2) is 5.82 Å². The van der Waals surface area contributed by atoms with Crippen molar-refractivity contribution < 1.29 is 14.1 Å². The molecule has 0 spiro atoms. The van der Waals surface area contributed by atoms with Crippen molar-refractivity contribution in [3.05, 3.63) is 33.2 Å². The maximum absolute atomic E-state index is 12.7. The summed E-state index contributed by atoms with van der Waals surface area (Å²) in [5.41, 5.74) is 0. The van der Waals surface area contributed by atoms with Crippen molar-refractivity contribution in [2.24, 2.45) is 0 Å². The first-order valence-electron chi connectivity index (χ1n) is 8.42. The summed E-state index contributed by atoms with van der Waals surface area (Å²) in [7, 11) is 0. The lowest BCUT2D eigenvalue weighted by atomic mass is 10.1. The van der Waals surface area contributed by atoms with Gasteiger partial charge in [0.25, 0.3) is 0 Å². The van der Waals surface area contributed by atoms with E-state index in [4.69, 9.17) is 16.1 Å². The summed E-state index contributed by atoms with van der Waals surface area (Å²) in [5, 5.41) is 6.46. The average Bonchev–Trinajstić information content (AvgIpc) is 3.22.